The molecule has 1 atom stereocenters. The van der Waals surface area contributed by atoms with Crippen LogP contribution in [0.15, 0.2) is 18.3 Å². The maximum Gasteiger partial charge on any atom is 0.329 e. The number of nitrogens with one attached hydrogen (secondary N) is 1. The molecule has 1 N–H and O–H groups in total. The molecule has 1 aromatic heterocycles. The molecule has 0 spiro atoms. The molecule has 1 unspecified atom stereocenters. The summed E-state index contributed by atoms with van der Waals surface area (Å²) in [4.78, 5) is 16.4. The Hall–Kier alpha value is -1.29. The lowest BCUT2D eigenvalue weighted by molar-refractivity contribution is -0.148. The van der Waals surface area contributed by atoms with E-state index in [1.54, 1.807) is 13.1 Å². The molecular formula is C10H16N2O2. The van der Waals surface area contributed by atoms with Crippen LogP contribution in [0.1, 0.15) is 18.7 Å². The number of hydrogen-bond donors (Lipinski definition) is 1. The molecule has 0 fully saturated rings. The first-order valence-electron chi connectivity index (χ1n) is 4.63. The summed E-state index contributed by atoms with van der Waals surface area (Å²) in [5, 5.41) is 0. The molecule has 0 radical (unpaired) electrons. The molecule has 0 aromatic carbocycles. The molecule has 0 aliphatic rings. The van der Waals surface area contributed by atoms with E-state index in [-0.39, 0.29) is 12.0 Å². The number of carbonyl (C=O) groups is 1. The largest absolute Gasteiger partial charge is 0.465 e. The molecule has 0 saturated carbocycles. The van der Waals surface area contributed by atoms with E-state index in [2.05, 4.69) is 4.98 Å². The first-order valence-corrected chi connectivity index (χ1v) is 4.63. The number of aromatic amines is 1. The quantitative estimate of drug-likeness (QED) is 0.735. The molecule has 14 heavy (non-hydrogen) atoms. The normalized spacial score (nSPS) is 12.9. The highest BCUT2D eigenvalue weighted by molar-refractivity contribution is 5.77. The number of hydrogen-bond acceptors (Lipinski definition) is 3. The summed E-state index contributed by atoms with van der Waals surface area (Å²) < 4.78 is 4.99. The van der Waals surface area contributed by atoms with Gasteiger partial charge >= 0.3 is 5.97 Å². The van der Waals surface area contributed by atoms with Crippen LogP contribution in [0, 0.1) is 0 Å². The predicted molar refractivity (Wildman–Crippen MR) is 53.9 cm³/mol. The Morgan fingerprint density at radius 3 is 2.79 bits per heavy atom. The summed E-state index contributed by atoms with van der Waals surface area (Å²) in [5.74, 6) is -0.222. The van der Waals surface area contributed by atoms with Gasteiger partial charge in [0.1, 0.15) is 6.04 Å². The average Bonchev–Trinajstić information content (AvgIpc) is 2.57. The monoisotopic (exact) mass is 196 g/mol. The Labute approximate surface area is 83.9 Å². The summed E-state index contributed by atoms with van der Waals surface area (Å²) in [5.41, 5.74) is 0.855. The van der Waals surface area contributed by atoms with Crippen LogP contribution in [-0.2, 0) is 9.53 Å². The van der Waals surface area contributed by atoms with E-state index in [0.717, 1.165) is 5.69 Å². The molecule has 1 heterocycles. The van der Waals surface area contributed by atoms with Crippen LogP contribution in [0.4, 0.5) is 0 Å². The van der Waals surface area contributed by atoms with Gasteiger partial charge in [0.15, 0.2) is 0 Å². The van der Waals surface area contributed by atoms with Crippen LogP contribution in [0.25, 0.3) is 0 Å². The fourth-order valence-electron chi connectivity index (χ4n) is 1.35. The van der Waals surface area contributed by atoms with Crippen molar-refractivity contribution in [2.45, 2.75) is 13.0 Å². The number of rotatable bonds is 4. The first kappa shape index (κ1) is 10.8. The Balaban J connectivity index is 2.80. The molecule has 1 aromatic rings. The molecular weight excluding hydrogens is 180 g/mol. The zero-order valence-electron chi connectivity index (χ0n) is 8.78. The first-order chi connectivity index (χ1) is 6.66. The van der Waals surface area contributed by atoms with Gasteiger partial charge < -0.3 is 9.72 Å². The van der Waals surface area contributed by atoms with E-state index in [4.69, 9.17) is 4.74 Å². The van der Waals surface area contributed by atoms with E-state index in [1.165, 1.54) is 0 Å². The molecule has 78 valence electrons. The van der Waals surface area contributed by atoms with Crippen LogP contribution >= 0.6 is 0 Å². The van der Waals surface area contributed by atoms with Crippen molar-refractivity contribution in [1.29, 1.82) is 0 Å². The Morgan fingerprint density at radius 2 is 2.36 bits per heavy atom. The van der Waals surface area contributed by atoms with Gasteiger partial charge in [0.2, 0.25) is 0 Å². The second-order valence-electron chi connectivity index (χ2n) is 3.24. The fraction of sp³-hybridized carbons (Fsp3) is 0.500. The minimum atomic E-state index is -0.343. The van der Waals surface area contributed by atoms with Gasteiger partial charge in [-0.15, -0.1) is 0 Å². The zero-order chi connectivity index (χ0) is 10.6. The van der Waals surface area contributed by atoms with E-state index >= 15 is 0 Å². The van der Waals surface area contributed by atoms with Crippen molar-refractivity contribution in [2.24, 2.45) is 0 Å². The third-order valence-electron chi connectivity index (χ3n) is 1.94. The zero-order valence-corrected chi connectivity index (χ0v) is 8.78. The highest BCUT2D eigenvalue weighted by atomic mass is 16.5. The molecule has 0 saturated heterocycles. The number of H-pyrrole nitrogens is 1. The van der Waals surface area contributed by atoms with Gasteiger partial charge in [-0.05, 0) is 33.2 Å². The minimum Gasteiger partial charge on any atom is -0.465 e. The second-order valence-corrected chi connectivity index (χ2v) is 3.24. The van der Waals surface area contributed by atoms with E-state index in [0.29, 0.717) is 6.61 Å². The number of carbonyl (C=O) groups excluding carboxylic acids is 1. The molecule has 1 rings (SSSR count). The van der Waals surface area contributed by atoms with E-state index in [1.807, 2.05) is 31.1 Å². The van der Waals surface area contributed by atoms with E-state index in [9.17, 15) is 4.79 Å². The number of nitrogens with zero attached hydrogens (tertiary/aromatic N) is 1. The van der Waals surface area contributed by atoms with Gasteiger partial charge in [0, 0.05) is 11.9 Å². The second kappa shape index (κ2) is 4.81. The van der Waals surface area contributed by atoms with Gasteiger partial charge in [-0.3, -0.25) is 4.90 Å². The van der Waals surface area contributed by atoms with Crippen LogP contribution in [0.2, 0.25) is 0 Å². The summed E-state index contributed by atoms with van der Waals surface area (Å²) in [7, 11) is 3.70. The molecule has 0 amide bonds. The molecule has 0 aliphatic carbocycles. The lowest BCUT2D eigenvalue weighted by Gasteiger charge is -2.21. The minimum absolute atomic E-state index is 0.222. The van der Waals surface area contributed by atoms with Crippen LogP contribution in [-0.4, -0.2) is 36.6 Å². The van der Waals surface area contributed by atoms with Crippen LogP contribution < -0.4 is 0 Å². The molecule has 0 aliphatic heterocycles. The third kappa shape index (κ3) is 2.35. The van der Waals surface area contributed by atoms with Gasteiger partial charge in [-0.1, -0.05) is 0 Å². The summed E-state index contributed by atoms with van der Waals surface area (Å²) in [6, 6.07) is 3.40. The lowest BCUT2D eigenvalue weighted by atomic mass is 10.2. The van der Waals surface area contributed by atoms with Crippen LogP contribution in [0.5, 0.6) is 0 Å². The predicted octanol–water partition coefficient (Wildman–Crippen LogP) is 1.18. The lowest BCUT2D eigenvalue weighted by Crippen LogP contribution is -2.29. The average molecular weight is 196 g/mol. The Bertz CT molecular complexity index is 280. The SMILES string of the molecule is CCOC(=O)C(c1ccc[nH]1)N(C)C. The Kier molecular flexibility index (Phi) is 3.71. The number of likely N-dealkylation sites (N-methyl/N-ethyl adjacent to an activating group) is 1. The molecule has 0 bridgehead atoms. The van der Waals surface area contributed by atoms with Crippen molar-refractivity contribution in [3.8, 4) is 0 Å². The van der Waals surface area contributed by atoms with Gasteiger partial charge in [0.25, 0.3) is 0 Å². The standard InChI is InChI=1S/C10H16N2O2/c1-4-14-10(13)9(12(2)3)8-6-5-7-11-8/h5-7,9,11H,4H2,1-3H3. The maximum atomic E-state index is 11.6. The summed E-state index contributed by atoms with van der Waals surface area (Å²) in [6.45, 7) is 2.21. The number of aromatic nitrogens is 1. The molecule has 4 heteroatoms. The number of esters is 1. The highest BCUT2D eigenvalue weighted by Gasteiger charge is 2.24. The topological polar surface area (TPSA) is 45.3 Å². The van der Waals surface area contributed by atoms with Crippen molar-refractivity contribution in [2.75, 3.05) is 20.7 Å². The molecule has 4 nitrogen and oxygen atoms in total. The van der Waals surface area contributed by atoms with Crippen molar-refractivity contribution in [3.63, 3.8) is 0 Å². The van der Waals surface area contributed by atoms with Crippen molar-refractivity contribution >= 4 is 5.97 Å². The van der Waals surface area contributed by atoms with Crippen LogP contribution in [0.3, 0.4) is 0 Å². The Morgan fingerprint density at radius 1 is 1.64 bits per heavy atom. The maximum absolute atomic E-state index is 11.6. The summed E-state index contributed by atoms with van der Waals surface area (Å²) >= 11 is 0. The number of ether oxygens (including phenoxy) is 1. The smallest absolute Gasteiger partial charge is 0.329 e. The van der Waals surface area contributed by atoms with Gasteiger partial charge in [0.05, 0.1) is 6.61 Å². The van der Waals surface area contributed by atoms with Gasteiger partial charge in [-0.25, -0.2) is 4.79 Å². The third-order valence-corrected chi connectivity index (χ3v) is 1.94. The van der Waals surface area contributed by atoms with Crippen molar-refractivity contribution in [1.82, 2.24) is 9.88 Å². The van der Waals surface area contributed by atoms with Crippen molar-refractivity contribution in [3.05, 3.63) is 24.0 Å². The van der Waals surface area contributed by atoms with E-state index < -0.39 is 0 Å². The summed E-state index contributed by atoms with van der Waals surface area (Å²) in [6.07, 6.45) is 1.80. The highest BCUT2D eigenvalue weighted by Crippen LogP contribution is 2.17. The van der Waals surface area contributed by atoms with Gasteiger partial charge in [-0.2, -0.15) is 0 Å². The van der Waals surface area contributed by atoms with Crippen molar-refractivity contribution < 1.29 is 9.53 Å². The fourth-order valence-corrected chi connectivity index (χ4v) is 1.35.